The van der Waals surface area contributed by atoms with E-state index >= 15 is 0 Å². The molecule has 0 unspecified atom stereocenters. The number of rotatable bonds is 3. The molecule has 0 fully saturated rings. The van der Waals surface area contributed by atoms with Crippen molar-refractivity contribution in [2.24, 2.45) is 0 Å². The summed E-state index contributed by atoms with van der Waals surface area (Å²) in [4.78, 5) is 10.9. The molecular weight excluding hydrogens is 346 g/mol. The molecular formula is C20H20ClN5. The molecule has 0 spiro atoms. The third kappa shape index (κ3) is 3.06. The topological polar surface area (TPSA) is 67.1 Å². The Morgan fingerprint density at radius 2 is 2.00 bits per heavy atom. The van der Waals surface area contributed by atoms with Crippen LogP contribution in [0.2, 0.25) is 5.02 Å². The van der Waals surface area contributed by atoms with Gasteiger partial charge in [-0.25, -0.2) is 9.97 Å². The maximum absolute atomic E-state index is 6.42. The second-order valence-corrected chi connectivity index (χ2v) is 6.84. The molecule has 2 aromatic carbocycles. The van der Waals surface area contributed by atoms with Gasteiger partial charge in [0.2, 0.25) is 0 Å². The third-order valence-corrected chi connectivity index (χ3v) is 5.07. The molecule has 3 N–H and O–H groups in total. The molecule has 3 aromatic rings. The predicted molar refractivity (Wildman–Crippen MR) is 108 cm³/mol. The fourth-order valence-electron chi connectivity index (χ4n) is 3.26. The van der Waals surface area contributed by atoms with Crippen molar-refractivity contribution in [3.05, 3.63) is 64.9 Å². The molecule has 0 aliphatic carbocycles. The molecule has 0 radical (unpaired) electrons. The lowest BCUT2D eigenvalue weighted by Crippen LogP contribution is -2.26. The predicted octanol–water partition coefficient (Wildman–Crippen LogP) is 4.85. The summed E-state index contributed by atoms with van der Waals surface area (Å²) in [6.07, 6.45) is 3.68. The molecule has 1 aliphatic rings. The van der Waals surface area contributed by atoms with Gasteiger partial charge in [0, 0.05) is 22.9 Å². The van der Waals surface area contributed by atoms with Crippen molar-refractivity contribution >= 4 is 40.3 Å². The van der Waals surface area contributed by atoms with Gasteiger partial charge in [-0.1, -0.05) is 35.9 Å². The first-order valence-corrected chi connectivity index (χ1v) is 9.00. The lowest BCUT2D eigenvalue weighted by Gasteiger charge is -2.31. The van der Waals surface area contributed by atoms with Gasteiger partial charge >= 0.3 is 0 Å². The SMILES string of the molecule is Cc1ccc(Nc2ncnc(N3CCCc4ccccc43)c2N)cc1Cl. The van der Waals surface area contributed by atoms with E-state index in [1.165, 1.54) is 5.56 Å². The largest absolute Gasteiger partial charge is 0.393 e. The molecule has 2 heterocycles. The van der Waals surface area contributed by atoms with Crippen LogP contribution in [0, 0.1) is 6.92 Å². The molecule has 0 saturated carbocycles. The van der Waals surface area contributed by atoms with E-state index in [1.54, 1.807) is 6.33 Å². The summed E-state index contributed by atoms with van der Waals surface area (Å²) >= 11 is 6.22. The molecule has 1 aliphatic heterocycles. The number of halogens is 1. The Balaban J connectivity index is 1.70. The van der Waals surface area contributed by atoms with Crippen molar-refractivity contribution in [3.63, 3.8) is 0 Å². The summed E-state index contributed by atoms with van der Waals surface area (Å²) in [5.41, 5.74) is 11.3. The number of aryl methyl sites for hydroxylation is 2. The number of anilines is 5. The third-order valence-electron chi connectivity index (χ3n) is 4.66. The minimum absolute atomic E-state index is 0.529. The zero-order chi connectivity index (χ0) is 18.1. The van der Waals surface area contributed by atoms with Crippen molar-refractivity contribution < 1.29 is 0 Å². The second kappa shape index (κ2) is 6.84. The van der Waals surface area contributed by atoms with Crippen molar-refractivity contribution in [3.8, 4) is 0 Å². The summed E-state index contributed by atoms with van der Waals surface area (Å²) in [7, 11) is 0. The number of nitrogen functional groups attached to an aromatic ring is 1. The number of para-hydroxylation sites is 1. The normalized spacial score (nSPS) is 13.4. The lowest BCUT2D eigenvalue weighted by molar-refractivity contribution is 0.759. The van der Waals surface area contributed by atoms with Crippen LogP contribution in [0.15, 0.2) is 48.8 Å². The first kappa shape index (κ1) is 16.7. The number of fused-ring (bicyclic) bond motifs is 1. The molecule has 6 heteroatoms. The second-order valence-electron chi connectivity index (χ2n) is 6.43. The van der Waals surface area contributed by atoms with Crippen LogP contribution in [0.1, 0.15) is 17.5 Å². The van der Waals surface area contributed by atoms with E-state index in [9.17, 15) is 0 Å². The average Bonchev–Trinajstić information content (AvgIpc) is 2.66. The van der Waals surface area contributed by atoms with Gasteiger partial charge in [0.25, 0.3) is 0 Å². The molecule has 26 heavy (non-hydrogen) atoms. The van der Waals surface area contributed by atoms with Crippen LogP contribution in [0.3, 0.4) is 0 Å². The molecule has 0 saturated heterocycles. The number of benzene rings is 2. The molecule has 132 valence electrons. The van der Waals surface area contributed by atoms with E-state index in [0.29, 0.717) is 16.5 Å². The van der Waals surface area contributed by atoms with Gasteiger partial charge in [0.15, 0.2) is 11.6 Å². The molecule has 0 amide bonds. The highest BCUT2D eigenvalue weighted by Crippen LogP contribution is 2.37. The molecule has 4 rings (SSSR count). The number of aromatic nitrogens is 2. The molecule has 0 atom stereocenters. The maximum atomic E-state index is 6.42. The van der Waals surface area contributed by atoms with Crippen LogP contribution < -0.4 is 16.0 Å². The standard InChI is InChI=1S/C20H20ClN5/c1-13-8-9-15(11-16(13)21)25-19-18(22)20(24-12-23-19)26-10-4-6-14-5-2-3-7-17(14)26/h2-3,5,7-9,11-12H,4,6,10,22H2,1H3,(H,23,24,25). The maximum Gasteiger partial charge on any atom is 0.161 e. The van der Waals surface area contributed by atoms with Crippen LogP contribution in [0.4, 0.5) is 28.7 Å². The Bertz CT molecular complexity index is 957. The van der Waals surface area contributed by atoms with E-state index in [-0.39, 0.29) is 0 Å². The van der Waals surface area contributed by atoms with Crippen LogP contribution in [-0.2, 0) is 6.42 Å². The molecule has 1 aromatic heterocycles. The monoisotopic (exact) mass is 365 g/mol. The fraction of sp³-hybridized carbons (Fsp3) is 0.200. The first-order chi connectivity index (χ1) is 12.6. The Labute approximate surface area is 157 Å². The number of nitrogens with two attached hydrogens (primary N) is 1. The van der Waals surface area contributed by atoms with E-state index < -0.39 is 0 Å². The van der Waals surface area contributed by atoms with Gasteiger partial charge in [-0.3, -0.25) is 0 Å². The van der Waals surface area contributed by atoms with Gasteiger partial charge in [-0.15, -0.1) is 0 Å². The Morgan fingerprint density at radius 3 is 2.85 bits per heavy atom. The van der Waals surface area contributed by atoms with Gasteiger partial charge < -0.3 is 16.0 Å². The Morgan fingerprint density at radius 1 is 1.15 bits per heavy atom. The quantitative estimate of drug-likeness (QED) is 0.694. The Kier molecular flexibility index (Phi) is 4.39. The lowest BCUT2D eigenvalue weighted by atomic mass is 10.0. The number of hydrogen-bond donors (Lipinski definition) is 2. The minimum atomic E-state index is 0.529. The minimum Gasteiger partial charge on any atom is -0.393 e. The van der Waals surface area contributed by atoms with E-state index in [4.69, 9.17) is 17.3 Å². The van der Waals surface area contributed by atoms with Gasteiger partial charge in [-0.2, -0.15) is 0 Å². The summed E-state index contributed by atoms with van der Waals surface area (Å²) < 4.78 is 0. The van der Waals surface area contributed by atoms with Crippen molar-refractivity contribution in [2.45, 2.75) is 19.8 Å². The highest BCUT2D eigenvalue weighted by atomic mass is 35.5. The van der Waals surface area contributed by atoms with Crippen molar-refractivity contribution in [2.75, 3.05) is 22.5 Å². The summed E-state index contributed by atoms with van der Waals surface area (Å²) in [5, 5.41) is 3.96. The fourth-order valence-corrected chi connectivity index (χ4v) is 3.44. The zero-order valence-electron chi connectivity index (χ0n) is 14.5. The number of hydrogen-bond acceptors (Lipinski definition) is 5. The van der Waals surface area contributed by atoms with Crippen LogP contribution >= 0.6 is 11.6 Å². The number of nitrogens with zero attached hydrogens (tertiary/aromatic N) is 3. The zero-order valence-corrected chi connectivity index (χ0v) is 15.3. The van der Waals surface area contributed by atoms with Crippen LogP contribution in [0.25, 0.3) is 0 Å². The highest BCUT2D eigenvalue weighted by molar-refractivity contribution is 6.31. The molecule has 5 nitrogen and oxygen atoms in total. The van der Waals surface area contributed by atoms with Gasteiger partial charge in [-0.05, 0) is 49.1 Å². The van der Waals surface area contributed by atoms with E-state index in [2.05, 4.69) is 38.4 Å². The van der Waals surface area contributed by atoms with Crippen molar-refractivity contribution in [1.82, 2.24) is 9.97 Å². The highest BCUT2D eigenvalue weighted by Gasteiger charge is 2.22. The van der Waals surface area contributed by atoms with Crippen LogP contribution in [0.5, 0.6) is 0 Å². The van der Waals surface area contributed by atoms with E-state index in [0.717, 1.165) is 42.1 Å². The van der Waals surface area contributed by atoms with Gasteiger partial charge in [0.05, 0.1) is 0 Å². The van der Waals surface area contributed by atoms with Crippen molar-refractivity contribution in [1.29, 1.82) is 0 Å². The number of nitrogens with one attached hydrogen (secondary N) is 1. The summed E-state index contributed by atoms with van der Waals surface area (Å²) in [6.45, 7) is 2.85. The molecule has 0 bridgehead atoms. The Hall–Kier alpha value is -2.79. The van der Waals surface area contributed by atoms with Gasteiger partial charge in [0.1, 0.15) is 12.0 Å². The first-order valence-electron chi connectivity index (χ1n) is 8.62. The van der Waals surface area contributed by atoms with Crippen LogP contribution in [-0.4, -0.2) is 16.5 Å². The summed E-state index contributed by atoms with van der Waals surface area (Å²) in [6, 6.07) is 14.2. The smallest absolute Gasteiger partial charge is 0.161 e. The average molecular weight is 366 g/mol. The van der Waals surface area contributed by atoms with E-state index in [1.807, 2.05) is 31.2 Å². The summed E-state index contributed by atoms with van der Waals surface area (Å²) in [5.74, 6) is 1.31.